The van der Waals surface area contributed by atoms with Gasteiger partial charge < -0.3 is 15.0 Å². The second-order valence-electron chi connectivity index (χ2n) is 4.24. The van der Waals surface area contributed by atoms with Crippen LogP contribution in [0.4, 0.5) is 0 Å². The van der Waals surface area contributed by atoms with E-state index in [0.29, 0.717) is 23.4 Å². The highest BCUT2D eigenvalue weighted by Crippen LogP contribution is 2.06. The zero-order valence-corrected chi connectivity index (χ0v) is 11.6. The second-order valence-corrected chi connectivity index (χ2v) is 4.24. The van der Waals surface area contributed by atoms with Gasteiger partial charge in [-0.3, -0.25) is 9.78 Å². The quantitative estimate of drug-likeness (QED) is 0.764. The van der Waals surface area contributed by atoms with Crippen molar-refractivity contribution in [3.05, 3.63) is 41.7 Å². The predicted molar refractivity (Wildman–Crippen MR) is 75.0 cm³/mol. The van der Waals surface area contributed by atoms with Crippen LogP contribution in [0.25, 0.3) is 0 Å². The van der Waals surface area contributed by atoms with Crippen LogP contribution in [0.2, 0.25) is 0 Å². The molecule has 2 aromatic rings. The SMILES string of the molecule is Cn1cnnc1CNC(=O)c1ccncc1C#CCCO. The lowest BCUT2D eigenvalue weighted by atomic mass is 10.1. The van der Waals surface area contributed by atoms with Gasteiger partial charge in [-0.25, -0.2) is 0 Å². The van der Waals surface area contributed by atoms with Crippen LogP contribution in [0.3, 0.4) is 0 Å². The number of carbonyl (C=O) groups is 1. The molecule has 0 spiro atoms. The molecule has 2 N–H and O–H groups in total. The Balaban J connectivity index is 2.09. The Bertz CT molecular complexity index is 684. The Morgan fingerprint density at radius 1 is 1.52 bits per heavy atom. The van der Waals surface area contributed by atoms with Gasteiger partial charge in [0.1, 0.15) is 6.33 Å². The smallest absolute Gasteiger partial charge is 0.253 e. The summed E-state index contributed by atoms with van der Waals surface area (Å²) in [6.45, 7) is 0.266. The molecule has 1 amide bonds. The van der Waals surface area contributed by atoms with Crippen LogP contribution in [0.15, 0.2) is 24.8 Å². The second kappa shape index (κ2) is 7.17. The molecule has 7 nitrogen and oxygen atoms in total. The van der Waals surface area contributed by atoms with Gasteiger partial charge in [0.2, 0.25) is 0 Å². The molecule has 0 bridgehead atoms. The van der Waals surface area contributed by atoms with Crippen LogP contribution in [-0.2, 0) is 13.6 Å². The van der Waals surface area contributed by atoms with Crippen molar-refractivity contribution in [1.82, 2.24) is 25.1 Å². The van der Waals surface area contributed by atoms with Gasteiger partial charge >= 0.3 is 0 Å². The summed E-state index contributed by atoms with van der Waals surface area (Å²) in [6.07, 6.45) is 4.99. The Morgan fingerprint density at radius 3 is 3.10 bits per heavy atom. The first-order valence-electron chi connectivity index (χ1n) is 6.37. The van der Waals surface area contributed by atoms with Gasteiger partial charge in [-0.1, -0.05) is 11.8 Å². The first-order chi connectivity index (χ1) is 10.2. The maximum atomic E-state index is 12.2. The molecule has 2 aromatic heterocycles. The largest absolute Gasteiger partial charge is 0.395 e. The molecular formula is C14H15N5O2. The monoisotopic (exact) mass is 285 g/mol. The fraction of sp³-hybridized carbons (Fsp3) is 0.286. The van der Waals surface area contributed by atoms with Crippen LogP contribution < -0.4 is 5.32 Å². The molecule has 0 radical (unpaired) electrons. The molecule has 0 unspecified atom stereocenters. The summed E-state index contributed by atoms with van der Waals surface area (Å²) in [6, 6.07) is 1.61. The first kappa shape index (κ1) is 14.7. The highest BCUT2D eigenvalue weighted by atomic mass is 16.2. The third-order valence-electron chi connectivity index (χ3n) is 2.74. The number of hydrogen-bond acceptors (Lipinski definition) is 5. The van der Waals surface area contributed by atoms with Crippen LogP contribution in [-0.4, -0.2) is 37.4 Å². The number of rotatable bonds is 4. The zero-order chi connectivity index (χ0) is 15.1. The number of pyridine rings is 1. The van der Waals surface area contributed by atoms with Gasteiger partial charge in [-0.05, 0) is 6.07 Å². The molecule has 0 fully saturated rings. The summed E-state index contributed by atoms with van der Waals surface area (Å²) < 4.78 is 1.73. The van der Waals surface area contributed by atoms with Crippen LogP contribution in [0, 0.1) is 11.8 Å². The summed E-state index contributed by atoms with van der Waals surface area (Å²) in [5.41, 5.74) is 0.971. The van der Waals surface area contributed by atoms with E-state index in [9.17, 15) is 4.79 Å². The van der Waals surface area contributed by atoms with E-state index in [1.165, 1.54) is 12.4 Å². The lowest BCUT2D eigenvalue weighted by Gasteiger charge is -2.06. The molecule has 0 aromatic carbocycles. The molecule has 0 aliphatic heterocycles. The van der Waals surface area contributed by atoms with Gasteiger partial charge in [-0.15, -0.1) is 10.2 Å². The van der Waals surface area contributed by atoms with E-state index in [1.54, 1.807) is 24.0 Å². The van der Waals surface area contributed by atoms with Crippen molar-refractivity contribution in [2.45, 2.75) is 13.0 Å². The molecule has 2 heterocycles. The minimum Gasteiger partial charge on any atom is -0.395 e. The molecule has 0 aliphatic carbocycles. The molecule has 7 heteroatoms. The third kappa shape index (κ3) is 3.87. The number of nitrogens with zero attached hydrogens (tertiary/aromatic N) is 4. The van der Waals surface area contributed by atoms with E-state index in [-0.39, 0.29) is 19.1 Å². The van der Waals surface area contributed by atoms with Crippen molar-refractivity contribution in [2.24, 2.45) is 7.05 Å². The van der Waals surface area contributed by atoms with Crippen molar-refractivity contribution in [1.29, 1.82) is 0 Å². The molecule has 2 rings (SSSR count). The topological polar surface area (TPSA) is 92.9 Å². The van der Waals surface area contributed by atoms with Crippen molar-refractivity contribution in [2.75, 3.05) is 6.61 Å². The van der Waals surface area contributed by atoms with E-state index in [2.05, 4.69) is 32.3 Å². The van der Waals surface area contributed by atoms with Crippen LogP contribution in [0.5, 0.6) is 0 Å². The van der Waals surface area contributed by atoms with Crippen LogP contribution >= 0.6 is 0 Å². The number of aliphatic hydroxyl groups is 1. The summed E-state index contributed by atoms with van der Waals surface area (Å²) in [7, 11) is 1.81. The van der Waals surface area contributed by atoms with E-state index in [4.69, 9.17) is 5.11 Å². The summed E-state index contributed by atoms with van der Waals surface area (Å²) >= 11 is 0. The Kier molecular flexibility index (Phi) is 5.01. The van der Waals surface area contributed by atoms with E-state index in [0.717, 1.165) is 0 Å². The molecule has 108 valence electrons. The highest BCUT2D eigenvalue weighted by molar-refractivity contribution is 5.96. The molecule has 0 saturated heterocycles. The molecular weight excluding hydrogens is 270 g/mol. The van der Waals surface area contributed by atoms with Crippen molar-refractivity contribution < 1.29 is 9.90 Å². The van der Waals surface area contributed by atoms with Gasteiger partial charge in [-0.2, -0.15) is 0 Å². The highest BCUT2D eigenvalue weighted by Gasteiger charge is 2.11. The maximum Gasteiger partial charge on any atom is 0.253 e. The number of aliphatic hydroxyl groups excluding tert-OH is 1. The van der Waals surface area contributed by atoms with Crippen molar-refractivity contribution >= 4 is 5.91 Å². The summed E-state index contributed by atoms with van der Waals surface area (Å²) in [5.74, 6) is 6.01. The third-order valence-corrected chi connectivity index (χ3v) is 2.74. The molecule has 0 saturated carbocycles. The van der Waals surface area contributed by atoms with Gasteiger partial charge in [0.05, 0.1) is 24.3 Å². The number of nitrogens with one attached hydrogen (secondary N) is 1. The lowest BCUT2D eigenvalue weighted by molar-refractivity contribution is 0.0949. The number of amides is 1. The van der Waals surface area contributed by atoms with E-state index < -0.39 is 0 Å². The zero-order valence-electron chi connectivity index (χ0n) is 11.6. The summed E-state index contributed by atoms with van der Waals surface area (Å²) in [5, 5.41) is 19.1. The Morgan fingerprint density at radius 2 is 2.38 bits per heavy atom. The lowest BCUT2D eigenvalue weighted by Crippen LogP contribution is -2.25. The van der Waals surface area contributed by atoms with Crippen molar-refractivity contribution in [3.63, 3.8) is 0 Å². The molecule has 0 aliphatic rings. The van der Waals surface area contributed by atoms with Gasteiger partial charge in [0, 0.05) is 25.9 Å². The van der Waals surface area contributed by atoms with Crippen LogP contribution in [0.1, 0.15) is 28.2 Å². The fourth-order valence-electron chi connectivity index (χ4n) is 1.63. The molecule has 21 heavy (non-hydrogen) atoms. The number of carbonyl (C=O) groups excluding carboxylic acids is 1. The summed E-state index contributed by atoms with van der Waals surface area (Å²) in [4.78, 5) is 16.2. The number of aromatic nitrogens is 4. The maximum absolute atomic E-state index is 12.2. The predicted octanol–water partition coefficient (Wildman–Crippen LogP) is -0.126. The minimum atomic E-state index is -0.256. The number of hydrogen-bond donors (Lipinski definition) is 2. The first-order valence-corrected chi connectivity index (χ1v) is 6.37. The average Bonchev–Trinajstić information content (AvgIpc) is 2.91. The van der Waals surface area contributed by atoms with Gasteiger partial charge in [0.15, 0.2) is 5.82 Å². The van der Waals surface area contributed by atoms with E-state index in [1.807, 2.05) is 0 Å². The average molecular weight is 285 g/mol. The molecule has 0 atom stereocenters. The number of aryl methyl sites for hydroxylation is 1. The Labute approximate surface area is 122 Å². The van der Waals surface area contributed by atoms with Gasteiger partial charge in [0.25, 0.3) is 5.91 Å². The van der Waals surface area contributed by atoms with Crippen molar-refractivity contribution in [3.8, 4) is 11.8 Å². The Hall–Kier alpha value is -2.72. The minimum absolute atomic E-state index is 0.0129. The standard InChI is InChI=1S/C14H15N5O2/c1-19-10-17-18-13(19)9-16-14(21)12-5-6-15-8-11(12)4-2-3-7-20/h5-6,8,10,20H,3,7,9H2,1H3,(H,16,21). The van der Waals surface area contributed by atoms with E-state index >= 15 is 0 Å². The normalized spacial score (nSPS) is 9.81. The fourth-order valence-corrected chi connectivity index (χ4v) is 1.63.